The van der Waals surface area contributed by atoms with Crippen LogP contribution in [0.2, 0.25) is 0 Å². The van der Waals surface area contributed by atoms with Crippen LogP contribution < -0.4 is 5.32 Å². The minimum Gasteiger partial charge on any atom is -0.464 e. The first kappa shape index (κ1) is 21.6. The van der Waals surface area contributed by atoms with Crippen molar-refractivity contribution in [3.8, 4) is 11.1 Å². The first-order chi connectivity index (χ1) is 17.0. The molecule has 2 fully saturated rings. The predicted molar refractivity (Wildman–Crippen MR) is 132 cm³/mol. The van der Waals surface area contributed by atoms with Crippen molar-refractivity contribution in [1.29, 1.82) is 0 Å². The molecule has 4 aromatic rings. The van der Waals surface area contributed by atoms with Crippen LogP contribution in [0.5, 0.6) is 0 Å². The summed E-state index contributed by atoms with van der Waals surface area (Å²) in [6.07, 6.45) is 2.65. The van der Waals surface area contributed by atoms with Crippen molar-refractivity contribution in [3.05, 3.63) is 95.5 Å². The number of nitrogens with one attached hydrogen (secondary N) is 1. The number of fused-ring (bicyclic) bond motifs is 2. The number of nitrogens with zero attached hydrogens (tertiary/aromatic N) is 1. The third-order valence-electron chi connectivity index (χ3n) is 7.32. The standard InChI is InChI=1S/C29H25FN2O3/c1-17-8-9-23(24(12-17)18-4-2-5-20(30)13-18)29(34)32-16-19-14-25(19)26(32)15-31-28(33)22-6-3-7-27-21(22)10-11-35-27/h2-13,19,25-26H,14-16H2,1H3,(H,31,33)/t19-,25-,26-/m1/s1. The largest absolute Gasteiger partial charge is 0.464 e. The predicted octanol–water partition coefficient (Wildman–Crippen LogP) is 5.44. The Bertz CT molecular complexity index is 1460. The lowest BCUT2D eigenvalue weighted by Crippen LogP contribution is -2.45. The maximum atomic E-state index is 14.0. The molecule has 1 aromatic heterocycles. The van der Waals surface area contributed by atoms with Crippen molar-refractivity contribution >= 4 is 22.8 Å². The van der Waals surface area contributed by atoms with Gasteiger partial charge in [-0.3, -0.25) is 9.59 Å². The van der Waals surface area contributed by atoms with Gasteiger partial charge in [-0.25, -0.2) is 4.39 Å². The van der Waals surface area contributed by atoms with Gasteiger partial charge < -0.3 is 14.6 Å². The molecule has 3 aromatic carbocycles. The van der Waals surface area contributed by atoms with Gasteiger partial charge in [-0.1, -0.05) is 35.9 Å². The van der Waals surface area contributed by atoms with Gasteiger partial charge in [-0.2, -0.15) is 0 Å². The number of amides is 2. The Hall–Kier alpha value is -3.93. The van der Waals surface area contributed by atoms with E-state index in [-0.39, 0.29) is 23.7 Å². The van der Waals surface area contributed by atoms with Crippen LogP contribution in [-0.2, 0) is 0 Å². The highest BCUT2D eigenvalue weighted by Gasteiger charge is 2.54. The summed E-state index contributed by atoms with van der Waals surface area (Å²) < 4.78 is 19.4. The number of furan rings is 1. The van der Waals surface area contributed by atoms with E-state index in [9.17, 15) is 14.0 Å². The summed E-state index contributed by atoms with van der Waals surface area (Å²) >= 11 is 0. The molecule has 0 unspecified atom stereocenters. The summed E-state index contributed by atoms with van der Waals surface area (Å²) in [5.74, 6) is 0.281. The van der Waals surface area contributed by atoms with Crippen LogP contribution in [0.25, 0.3) is 22.1 Å². The summed E-state index contributed by atoms with van der Waals surface area (Å²) in [4.78, 5) is 28.7. The number of carbonyl (C=O) groups excluding carboxylic acids is 2. The quantitative estimate of drug-likeness (QED) is 0.424. The van der Waals surface area contributed by atoms with Crippen molar-refractivity contribution in [3.63, 3.8) is 0 Å². The molecular weight excluding hydrogens is 443 g/mol. The van der Waals surface area contributed by atoms with Crippen LogP contribution >= 0.6 is 0 Å². The molecular formula is C29H25FN2O3. The minimum atomic E-state index is -0.335. The Morgan fingerprint density at radius 3 is 2.77 bits per heavy atom. The molecule has 1 aliphatic heterocycles. The summed E-state index contributed by atoms with van der Waals surface area (Å²) in [6.45, 7) is 3.03. The van der Waals surface area contributed by atoms with E-state index in [1.54, 1.807) is 30.5 Å². The van der Waals surface area contributed by atoms with Crippen LogP contribution in [0.4, 0.5) is 4.39 Å². The third-order valence-corrected chi connectivity index (χ3v) is 7.32. The van der Waals surface area contributed by atoms with Crippen molar-refractivity contribution in [2.24, 2.45) is 11.8 Å². The Kier molecular flexibility index (Phi) is 5.17. The Balaban J connectivity index is 1.25. The first-order valence-electron chi connectivity index (χ1n) is 11.9. The van der Waals surface area contributed by atoms with Gasteiger partial charge in [0, 0.05) is 24.0 Å². The number of benzene rings is 3. The number of rotatable bonds is 5. The van der Waals surface area contributed by atoms with Gasteiger partial charge in [0.05, 0.1) is 17.9 Å². The van der Waals surface area contributed by atoms with E-state index in [4.69, 9.17) is 4.42 Å². The van der Waals surface area contributed by atoms with E-state index in [2.05, 4.69) is 5.32 Å². The molecule has 0 spiro atoms. The number of aryl methyl sites for hydroxylation is 1. The number of halogens is 1. The van der Waals surface area contributed by atoms with Crippen molar-refractivity contribution < 1.29 is 18.4 Å². The van der Waals surface area contributed by atoms with Crippen LogP contribution in [0, 0.1) is 24.6 Å². The molecule has 0 radical (unpaired) electrons. The monoisotopic (exact) mass is 468 g/mol. The molecule has 35 heavy (non-hydrogen) atoms. The maximum absolute atomic E-state index is 14.0. The Labute approximate surface area is 202 Å². The van der Waals surface area contributed by atoms with E-state index >= 15 is 0 Å². The number of likely N-dealkylation sites (tertiary alicyclic amines) is 1. The van der Waals surface area contributed by atoms with Crippen LogP contribution in [0.1, 0.15) is 32.7 Å². The molecule has 1 saturated carbocycles. The normalized spacial score (nSPS) is 20.6. The summed E-state index contributed by atoms with van der Waals surface area (Å²) in [5.41, 5.74) is 4.20. The number of piperidine rings is 1. The average molecular weight is 469 g/mol. The van der Waals surface area contributed by atoms with E-state index in [0.717, 1.165) is 22.9 Å². The molecule has 3 atom stereocenters. The Morgan fingerprint density at radius 1 is 1.06 bits per heavy atom. The third kappa shape index (κ3) is 3.89. The fraction of sp³-hybridized carbons (Fsp3) is 0.241. The smallest absolute Gasteiger partial charge is 0.254 e. The SMILES string of the molecule is Cc1ccc(C(=O)N2C[C@H]3C[C@H]3[C@H]2CNC(=O)c2cccc3occc23)c(-c2cccc(F)c2)c1. The molecule has 5 nitrogen and oxygen atoms in total. The zero-order valence-corrected chi connectivity index (χ0v) is 19.3. The van der Waals surface area contributed by atoms with Gasteiger partial charge in [0.25, 0.3) is 11.8 Å². The van der Waals surface area contributed by atoms with Crippen molar-refractivity contribution in [1.82, 2.24) is 10.2 Å². The zero-order valence-electron chi connectivity index (χ0n) is 19.3. The lowest BCUT2D eigenvalue weighted by molar-refractivity contribution is 0.0695. The molecule has 2 amide bonds. The summed E-state index contributed by atoms with van der Waals surface area (Å²) in [7, 11) is 0. The maximum Gasteiger partial charge on any atom is 0.254 e. The minimum absolute atomic E-state index is 0.0679. The van der Waals surface area contributed by atoms with Gasteiger partial charge in [-0.05, 0) is 72.7 Å². The van der Waals surface area contributed by atoms with E-state index < -0.39 is 0 Å². The highest BCUT2D eigenvalue weighted by Crippen LogP contribution is 2.50. The van der Waals surface area contributed by atoms with E-state index in [1.807, 2.05) is 42.2 Å². The fourth-order valence-corrected chi connectivity index (χ4v) is 5.45. The highest BCUT2D eigenvalue weighted by molar-refractivity contribution is 6.06. The van der Waals surface area contributed by atoms with Crippen LogP contribution in [0.3, 0.4) is 0 Å². The van der Waals surface area contributed by atoms with E-state index in [0.29, 0.717) is 47.2 Å². The number of hydrogen-bond acceptors (Lipinski definition) is 3. The van der Waals surface area contributed by atoms with Gasteiger partial charge in [0.1, 0.15) is 11.4 Å². The van der Waals surface area contributed by atoms with Gasteiger partial charge >= 0.3 is 0 Å². The van der Waals surface area contributed by atoms with Gasteiger partial charge in [-0.15, -0.1) is 0 Å². The average Bonchev–Trinajstić information content (AvgIpc) is 3.29. The summed E-state index contributed by atoms with van der Waals surface area (Å²) in [6, 6.07) is 19.1. The first-order valence-corrected chi connectivity index (χ1v) is 11.9. The highest BCUT2D eigenvalue weighted by atomic mass is 19.1. The molecule has 0 bridgehead atoms. The van der Waals surface area contributed by atoms with Gasteiger partial charge in [0.15, 0.2) is 0 Å². The summed E-state index contributed by atoms with van der Waals surface area (Å²) in [5, 5.41) is 3.83. The lowest BCUT2D eigenvalue weighted by Gasteiger charge is -2.29. The van der Waals surface area contributed by atoms with Crippen molar-refractivity contribution in [2.75, 3.05) is 13.1 Å². The van der Waals surface area contributed by atoms with Crippen LogP contribution in [0.15, 0.2) is 77.4 Å². The fourth-order valence-electron chi connectivity index (χ4n) is 5.45. The molecule has 176 valence electrons. The lowest BCUT2D eigenvalue weighted by atomic mass is 9.96. The molecule has 1 N–H and O–H groups in total. The molecule has 6 heteroatoms. The molecule has 2 heterocycles. The zero-order chi connectivity index (χ0) is 24.1. The molecule has 1 saturated heterocycles. The molecule has 2 aliphatic rings. The molecule has 6 rings (SSSR count). The van der Waals surface area contributed by atoms with E-state index in [1.165, 1.54) is 12.1 Å². The second-order valence-electron chi connectivity index (χ2n) is 9.59. The topological polar surface area (TPSA) is 62.6 Å². The number of hydrogen-bond donors (Lipinski definition) is 1. The second kappa shape index (κ2) is 8.38. The van der Waals surface area contributed by atoms with Crippen molar-refractivity contribution in [2.45, 2.75) is 19.4 Å². The number of carbonyl (C=O) groups is 2. The Morgan fingerprint density at radius 2 is 1.91 bits per heavy atom. The van der Waals surface area contributed by atoms with Crippen LogP contribution in [-0.4, -0.2) is 35.8 Å². The van der Waals surface area contributed by atoms with Gasteiger partial charge in [0.2, 0.25) is 0 Å². The molecule has 1 aliphatic carbocycles. The second-order valence-corrected chi connectivity index (χ2v) is 9.59.